The second-order valence-electron chi connectivity index (χ2n) is 8.24. The highest BCUT2D eigenvalue weighted by Crippen LogP contribution is 2.35. The van der Waals surface area contributed by atoms with E-state index in [1.807, 2.05) is 31.2 Å². The maximum Gasteiger partial charge on any atom is 0.257 e. The molecule has 7 heteroatoms. The minimum Gasteiger partial charge on any atom is -0.326 e. The fraction of sp³-hybridized carbons (Fsp3) is 0.333. The maximum absolute atomic E-state index is 13.3. The fourth-order valence-corrected chi connectivity index (χ4v) is 3.82. The first-order chi connectivity index (χ1) is 14.8. The van der Waals surface area contributed by atoms with Gasteiger partial charge in [-0.05, 0) is 49.6 Å². The summed E-state index contributed by atoms with van der Waals surface area (Å²) in [7, 11) is 0. The summed E-state index contributed by atoms with van der Waals surface area (Å²) in [6.07, 6.45) is 1.62. The highest BCUT2D eigenvalue weighted by Gasteiger charge is 2.46. The third-order valence-corrected chi connectivity index (χ3v) is 5.63. The zero-order valence-electron chi connectivity index (χ0n) is 17.6. The highest BCUT2D eigenvalue weighted by atomic mass is 16.2. The van der Waals surface area contributed by atoms with Crippen molar-refractivity contribution in [1.29, 1.82) is 0 Å². The van der Waals surface area contributed by atoms with E-state index in [0.717, 1.165) is 28.9 Å². The molecule has 1 N–H and O–H groups in total. The van der Waals surface area contributed by atoms with Crippen LogP contribution in [0.25, 0.3) is 0 Å². The SMILES string of the molecule is CC(=O)Nc1ccc(N2C(=O)CC(N(Cc3ccc(C)cc3)C(=O)C3CC3)C2=O)cc1. The largest absolute Gasteiger partial charge is 0.326 e. The fourth-order valence-electron chi connectivity index (χ4n) is 3.82. The first-order valence-corrected chi connectivity index (χ1v) is 10.4. The van der Waals surface area contributed by atoms with Crippen LogP contribution in [0, 0.1) is 12.8 Å². The van der Waals surface area contributed by atoms with Gasteiger partial charge in [-0.1, -0.05) is 29.8 Å². The van der Waals surface area contributed by atoms with E-state index >= 15 is 0 Å². The number of carbonyl (C=O) groups is 4. The Kier molecular flexibility index (Phi) is 5.59. The van der Waals surface area contributed by atoms with Gasteiger partial charge in [0.25, 0.3) is 5.91 Å². The molecule has 1 saturated carbocycles. The van der Waals surface area contributed by atoms with E-state index in [1.54, 1.807) is 29.2 Å². The van der Waals surface area contributed by atoms with Crippen LogP contribution in [0.1, 0.15) is 37.3 Å². The van der Waals surface area contributed by atoms with Crippen LogP contribution in [-0.4, -0.2) is 34.6 Å². The molecule has 1 heterocycles. The van der Waals surface area contributed by atoms with Crippen LogP contribution >= 0.6 is 0 Å². The molecule has 2 aromatic rings. The van der Waals surface area contributed by atoms with E-state index in [1.165, 1.54) is 6.92 Å². The lowest BCUT2D eigenvalue weighted by Crippen LogP contribution is -2.45. The Labute approximate surface area is 181 Å². The third kappa shape index (κ3) is 4.50. The van der Waals surface area contributed by atoms with Gasteiger partial charge in [0.2, 0.25) is 17.7 Å². The van der Waals surface area contributed by atoms with Crippen molar-refractivity contribution >= 4 is 35.0 Å². The Morgan fingerprint density at radius 2 is 1.68 bits per heavy atom. The van der Waals surface area contributed by atoms with Crippen molar-refractivity contribution in [3.8, 4) is 0 Å². The average molecular weight is 419 g/mol. The number of aryl methyl sites for hydroxylation is 1. The molecule has 1 atom stereocenters. The Balaban J connectivity index is 1.57. The summed E-state index contributed by atoms with van der Waals surface area (Å²) >= 11 is 0. The summed E-state index contributed by atoms with van der Waals surface area (Å²) < 4.78 is 0. The normalized spacial score (nSPS) is 18.3. The number of imide groups is 1. The first-order valence-electron chi connectivity index (χ1n) is 10.4. The number of rotatable bonds is 6. The lowest BCUT2D eigenvalue weighted by atomic mass is 10.1. The van der Waals surface area contributed by atoms with Gasteiger partial charge in [-0.3, -0.25) is 19.2 Å². The molecule has 2 aliphatic rings. The molecule has 2 aromatic carbocycles. The predicted octanol–water partition coefficient (Wildman–Crippen LogP) is 3.02. The third-order valence-electron chi connectivity index (χ3n) is 5.63. The summed E-state index contributed by atoms with van der Waals surface area (Å²) in [5.41, 5.74) is 3.06. The van der Waals surface area contributed by atoms with Gasteiger partial charge in [0.15, 0.2) is 0 Å². The van der Waals surface area contributed by atoms with Crippen LogP contribution in [0.2, 0.25) is 0 Å². The van der Waals surface area contributed by atoms with Crippen LogP contribution in [0.5, 0.6) is 0 Å². The standard InChI is InChI=1S/C24H25N3O4/c1-15-3-5-17(6-4-15)14-26(23(30)18-7-8-18)21-13-22(29)27(24(21)31)20-11-9-19(10-12-20)25-16(2)28/h3-6,9-12,18,21H,7-8,13-14H2,1-2H3,(H,25,28). The zero-order chi connectivity index (χ0) is 22.1. The summed E-state index contributed by atoms with van der Waals surface area (Å²) in [4.78, 5) is 53.0. The number of nitrogens with zero attached hydrogens (tertiary/aromatic N) is 2. The molecule has 1 saturated heterocycles. The van der Waals surface area contributed by atoms with Gasteiger partial charge < -0.3 is 10.2 Å². The number of nitrogens with one attached hydrogen (secondary N) is 1. The van der Waals surface area contributed by atoms with Gasteiger partial charge in [0.05, 0.1) is 12.1 Å². The van der Waals surface area contributed by atoms with Gasteiger partial charge in [-0.2, -0.15) is 0 Å². The van der Waals surface area contributed by atoms with Crippen molar-refractivity contribution in [2.45, 2.75) is 45.7 Å². The molecule has 2 fully saturated rings. The molecule has 0 aromatic heterocycles. The van der Waals surface area contributed by atoms with Gasteiger partial charge in [0.1, 0.15) is 6.04 Å². The molecule has 0 spiro atoms. The van der Waals surface area contributed by atoms with Gasteiger partial charge in [-0.25, -0.2) is 4.90 Å². The number of carbonyl (C=O) groups excluding carboxylic acids is 4. The summed E-state index contributed by atoms with van der Waals surface area (Å²) in [6, 6.07) is 13.6. The first kappa shape index (κ1) is 20.8. The van der Waals surface area contributed by atoms with Crippen LogP contribution in [0.15, 0.2) is 48.5 Å². The molecule has 1 unspecified atom stereocenters. The van der Waals surface area contributed by atoms with Crippen molar-refractivity contribution in [2.24, 2.45) is 5.92 Å². The lowest BCUT2D eigenvalue weighted by molar-refractivity contribution is -0.140. The Hall–Kier alpha value is -3.48. The molecule has 4 rings (SSSR count). The topological polar surface area (TPSA) is 86.8 Å². The van der Waals surface area contributed by atoms with E-state index in [2.05, 4.69) is 5.32 Å². The predicted molar refractivity (Wildman–Crippen MR) is 116 cm³/mol. The van der Waals surface area contributed by atoms with Crippen LogP contribution in [0.3, 0.4) is 0 Å². The second-order valence-corrected chi connectivity index (χ2v) is 8.24. The van der Waals surface area contributed by atoms with E-state index in [9.17, 15) is 19.2 Å². The molecule has 7 nitrogen and oxygen atoms in total. The summed E-state index contributed by atoms with van der Waals surface area (Å²) in [5.74, 6) is -1.04. The summed E-state index contributed by atoms with van der Waals surface area (Å²) in [5, 5.41) is 2.66. The van der Waals surface area contributed by atoms with E-state index < -0.39 is 11.9 Å². The van der Waals surface area contributed by atoms with Gasteiger partial charge >= 0.3 is 0 Å². The molecule has 4 amide bonds. The zero-order valence-corrected chi connectivity index (χ0v) is 17.6. The van der Waals surface area contributed by atoms with Crippen molar-refractivity contribution in [3.63, 3.8) is 0 Å². The summed E-state index contributed by atoms with van der Waals surface area (Å²) in [6.45, 7) is 3.70. The molecule has 0 bridgehead atoms. The monoisotopic (exact) mass is 419 g/mol. The maximum atomic E-state index is 13.3. The number of anilines is 2. The second kappa shape index (κ2) is 8.34. The number of hydrogen-bond donors (Lipinski definition) is 1. The van der Waals surface area contributed by atoms with Crippen molar-refractivity contribution in [1.82, 2.24) is 4.90 Å². The minimum absolute atomic E-state index is 0.0311. The van der Waals surface area contributed by atoms with Crippen LogP contribution in [0.4, 0.5) is 11.4 Å². The van der Waals surface area contributed by atoms with E-state index in [0.29, 0.717) is 17.9 Å². The number of amides is 4. The molecule has 1 aliphatic heterocycles. The van der Waals surface area contributed by atoms with Gasteiger partial charge in [0, 0.05) is 25.1 Å². The quantitative estimate of drug-likeness (QED) is 0.729. The van der Waals surface area contributed by atoms with Gasteiger partial charge in [-0.15, -0.1) is 0 Å². The molecule has 1 aliphatic carbocycles. The Bertz CT molecular complexity index is 1030. The lowest BCUT2D eigenvalue weighted by Gasteiger charge is -2.28. The molecular formula is C24H25N3O4. The van der Waals surface area contributed by atoms with Crippen molar-refractivity contribution in [2.75, 3.05) is 10.2 Å². The Morgan fingerprint density at radius 3 is 2.26 bits per heavy atom. The van der Waals surface area contributed by atoms with Crippen molar-refractivity contribution < 1.29 is 19.2 Å². The van der Waals surface area contributed by atoms with Crippen LogP contribution in [-0.2, 0) is 25.7 Å². The van der Waals surface area contributed by atoms with E-state index in [-0.39, 0.29) is 30.1 Å². The molecule has 0 radical (unpaired) electrons. The minimum atomic E-state index is -0.808. The molecule has 31 heavy (non-hydrogen) atoms. The van der Waals surface area contributed by atoms with Crippen molar-refractivity contribution in [3.05, 3.63) is 59.7 Å². The number of benzene rings is 2. The average Bonchev–Trinajstić information content (AvgIpc) is 3.53. The smallest absolute Gasteiger partial charge is 0.257 e. The van der Waals surface area contributed by atoms with E-state index in [4.69, 9.17) is 0 Å². The number of hydrogen-bond acceptors (Lipinski definition) is 4. The Morgan fingerprint density at radius 1 is 1.03 bits per heavy atom. The molecule has 160 valence electrons. The highest BCUT2D eigenvalue weighted by molar-refractivity contribution is 6.23. The van der Waals surface area contributed by atoms with Crippen LogP contribution < -0.4 is 10.2 Å². The molecular weight excluding hydrogens is 394 g/mol.